The highest BCUT2D eigenvalue weighted by molar-refractivity contribution is 5.79. The van der Waals surface area contributed by atoms with E-state index in [0.717, 1.165) is 0 Å². The molecule has 0 aromatic carbocycles. The first-order valence-corrected chi connectivity index (χ1v) is 6.40. The van der Waals surface area contributed by atoms with E-state index in [1.807, 2.05) is 6.07 Å². The maximum Gasteiger partial charge on any atom is 0.307 e. The van der Waals surface area contributed by atoms with Crippen molar-refractivity contribution in [3.63, 3.8) is 0 Å². The Labute approximate surface area is 118 Å². The maximum absolute atomic E-state index is 12.2. The van der Waals surface area contributed by atoms with Crippen LogP contribution in [0.2, 0.25) is 0 Å². The maximum atomic E-state index is 12.2. The van der Waals surface area contributed by atoms with Crippen molar-refractivity contribution < 1.29 is 19.1 Å². The van der Waals surface area contributed by atoms with Crippen LogP contribution >= 0.6 is 0 Å². The minimum Gasteiger partial charge on any atom is -0.469 e. The molecular weight excluding hydrogens is 260 g/mol. The van der Waals surface area contributed by atoms with Gasteiger partial charge in [-0.3, -0.25) is 14.6 Å². The summed E-state index contributed by atoms with van der Waals surface area (Å²) in [6.07, 6.45) is 2.04. The molecule has 0 radical (unpaired) electrons. The fourth-order valence-electron chi connectivity index (χ4n) is 1.66. The van der Waals surface area contributed by atoms with Crippen molar-refractivity contribution in [1.29, 1.82) is 0 Å². The van der Waals surface area contributed by atoms with Crippen LogP contribution in [0.5, 0.6) is 0 Å². The summed E-state index contributed by atoms with van der Waals surface area (Å²) in [7, 11) is 2.90. The van der Waals surface area contributed by atoms with Gasteiger partial charge in [-0.2, -0.15) is 0 Å². The first-order valence-electron chi connectivity index (χ1n) is 6.40. The molecule has 0 saturated heterocycles. The van der Waals surface area contributed by atoms with Crippen molar-refractivity contribution >= 4 is 11.9 Å². The fraction of sp³-hybridized carbons (Fsp3) is 0.500. The van der Waals surface area contributed by atoms with E-state index in [1.165, 1.54) is 7.11 Å². The summed E-state index contributed by atoms with van der Waals surface area (Å²) in [6.45, 7) is 1.19. The number of rotatable bonds is 8. The zero-order valence-corrected chi connectivity index (χ0v) is 11.9. The number of hydrogen-bond acceptors (Lipinski definition) is 5. The van der Waals surface area contributed by atoms with Crippen LogP contribution in [0.25, 0.3) is 0 Å². The van der Waals surface area contributed by atoms with E-state index in [9.17, 15) is 9.59 Å². The monoisotopic (exact) mass is 280 g/mol. The van der Waals surface area contributed by atoms with Crippen LogP contribution in [-0.4, -0.2) is 55.7 Å². The normalized spacial score (nSPS) is 10.1. The zero-order chi connectivity index (χ0) is 14.8. The van der Waals surface area contributed by atoms with Gasteiger partial charge < -0.3 is 14.4 Å². The molecule has 0 bridgehead atoms. The molecule has 0 unspecified atom stereocenters. The molecular formula is C14H20N2O4. The van der Waals surface area contributed by atoms with Crippen LogP contribution in [0, 0.1) is 0 Å². The van der Waals surface area contributed by atoms with Crippen LogP contribution in [0.1, 0.15) is 12.1 Å². The summed E-state index contributed by atoms with van der Waals surface area (Å²) in [5.74, 6) is -0.414. The van der Waals surface area contributed by atoms with Crippen molar-refractivity contribution in [2.75, 3.05) is 33.9 Å². The molecule has 0 aliphatic heterocycles. The predicted molar refractivity (Wildman–Crippen MR) is 73.0 cm³/mol. The van der Waals surface area contributed by atoms with Crippen LogP contribution in [0.15, 0.2) is 24.4 Å². The molecule has 110 valence electrons. The molecule has 0 aliphatic carbocycles. The summed E-state index contributed by atoms with van der Waals surface area (Å²) in [4.78, 5) is 29.1. The number of aromatic nitrogens is 1. The molecule has 0 N–H and O–H groups in total. The van der Waals surface area contributed by atoms with E-state index in [1.54, 1.807) is 30.3 Å². The lowest BCUT2D eigenvalue weighted by molar-refractivity contribution is -0.141. The molecule has 1 heterocycles. The topological polar surface area (TPSA) is 68.7 Å². The number of methoxy groups -OCH3 is 2. The number of esters is 1. The molecule has 0 spiro atoms. The molecule has 6 heteroatoms. The van der Waals surface area contributed by atoms with Gasteiger partial charge in [-0.25, -0.2) is 0 Å². The third-order valence-corrected chi connectivity index (χ3v) is 2.79. The average molecular weight is 280 g/mol. The molecule has 20 heavy (non-hydrogen) atoms. The lowest BCUT2D eigenvalue weighted by Crippen LogP contribution is -2.37. The average Bonchev–Trinajstić information content (AvgIpc) is 2.47. The van der Waals surface area contributed by atoms with Crippen molar-refractivity contribution in [2.24, 2.45) is 0 Å². The molecule has 1 aromatic heterocycles. The Kier molecular flexibility index (Phi) is 7.27. The summed E-state index contributed by atoms with van der Waals surface area (Å²) in [5.41, 5.74) is 0.706. The third-order valence-electron chi connectivity index (χ3n) is 2.79. The number of amides is 1. The summed E-state index contributed by atoms with van der Waals surface area (Å²) in [5, 5.41) is 0. The van der Waals surface area contributed by atoms with E-state index >= 15 is 0 Å². The minimum absolute atomic E-state index is 0.0790. The molecule has 1 amide bonds. The summed E-state index contributed by atoms with van der Waals surface area (Å²) in [6, 6.07) is 5.43. The Bertz CT molecular complexity index is 422. The van der Waals surface area contributed by atoms with Crippen LogP contribution < -0.4 is 0 Å². The van der Waals surface area contributed by atoms with E-state index in [2.05, 4.69) is 9.72 Å². The quantitative estimate of drug-likeness (QED) is 0.654. The van der Waals surface area contributed by atoms with Gasteiger partial charge in [0.2, 0.25) is 5.91 Å². The van der Waals surface area contributed by atoms with Crippen LogP contribution in [0.3, 0.4) is 0 Å². The Morgan fingerprint density at radius 3 is 2.65 bits per heavy atom. The fourth-order valence-corrected chi connectivity index (χ4v) is 1.66. The Morgan fingerprint density at radius 2 is 2.05 bits per heavy atom. The number of pyridine rings is 1. The highest BCUT2D eigenvalue weighted by Crippen LogP contribution is 2.02. The zero-order valence-electron chi connectivity index (χ0n) is 11.9. The number of ether oxygens (including phenoxy) is 2. The van der Waals surface area contributed by atoms with Crippen LogP contribution in [-0.2, 0) is 25.5 Å². The number of carbonyl (C=O) groups excluding carboxylic acids is 2. The van der Waals surface area contributed by atoms with E-state index < -0.39 is 0 Å². The van der Waals surface area contributed by atoms with Gasteiger partial charge in [0.15, 0.2) is 0 Å². The summed E-state index contributed by atoms with van der Waals surface area (Å²) >= 11 is 0. The number of nitrogens with zero attached hydrogens (tertiary/aromatic N) is 2. The second-order valence-corrected chi connectivity index (χ2v) is 4.20. The standard InChI is InChI=1S/C14H20N2O4/c1-19-10-9-16(8-6-14(18)20-2)13(17)11-12-5-3-4-7-15-12/h3-5,7H,6,8-11H2,1-2H3. The Balaban J connectivity index is 2.56. The largest absolute Gasteiger partial charge is 0.469 e. The molecule has 6 nitrogen and oxygen atoms in total. The number of carbonyl (C=O) groups is 2. The van der Waals surface area contributed by atoms with E-state index in [0.29, 0.717) is 25.4 Å². The van der Waals surface area contributed by atoms with Gasteiger partial charge in [0.25, 0.3) is 0 Å². The first-order chi connectivity index (χ1) is 9.67. The number of hydrogen-bond donors (Lipinski definition) is 0. The van der Waals surface area contributed by atoms with Gasteiger partial charge >= 0.3 is 5.97 Å². The predicted octanol–water partition coefficient (Wildman–Crippen LogP) is 0.662. The van der Waals surface area contributed by atoms with Gasteiger partial charge in [-0.15, -0.1) is 0 Å². The lowest BCUT2D eigenvalue weighted by Gasteiger charge is -2.21. The highest BCUT2D eigenvalue weighted by Gasteiger charge is 2.15. The van der Waals surface area contributed by atoms with Gasteiger partial charge in [-0.1, -0.05) is 6.07 Å². The molecule has 0 saturated carbocycles. The van der Waals surface area contributed by atoms with Crippen molar-refractivity contribution in [2.45, 2.75) is 12.8 Å². The summed E-state index contributed by atoms with van der Waals surface area (Å²) < 4.78 is 9.56. The third kappa shape index (κ3) is 5.79. The van der Waals surface area contributed by atoms with Crippen molar-refractivity contribution in [1.82, 2.24) is 9.88 Å². The minimum atomic E-state index is -0.335. The molecule has 1 aromatic rings. The lowest BCUT2D eigenvalue weighted by atomic mass is 10.2. The first kappa shape index (κ1) is 16.1. The molecule has 1 rings (SSSR count). The van der Waals surface area contributed by atoms with Gasteiger partial charge in [0, 0.05) is 32.1 Å². The van der Waals surface area contributed by atoms with Gasteiger partial charge in [0.1, 0.15) is 0 Å². The van der Waals surface area contributed by atoms with Crippen LogP contribution in [0.4, 0.5) is 0 Å². The van der Waals surface area contributed by atoms with E-state index in [-0.39, 0.29) is 24.7 Å². The molecule has 0 aliphatic rings. The SMILES string of the molecule is COCCN(CCC(=O)OC)C(=O)Cc1ccccn1. The van der Waals surface area contributed by atoms with E-state index in [4.69, 9.17) is 4.74 Å². The smallest absolute Gasteiger partial charge is 0.307 e. The Morgan fingerprint density at radius 1 is 1.25 bits per heavy atom. The highest BCUT2D eigenvalue weighted by atomic mass is 16.5. The molecule has 0 atom stereocenters. The van der Waals surface area contributed by atoms with Crippen molar-refractivity contribution in [3.05, 3.63) is 30.1 Å². The second kappa shape index (κ2) is 9.03. The second-order valence-electron chi connectivity index (χ2n) is 4.20. The Hall–Kier alpha value is -1.95. The van der Waals surface area contributed by atoms with Gasteiger partial charge in [-0.05, 0) is 12.1 Å². The molecule has 0 fully saturated rings. The van der Waals surface area contributed by atoms with Crippen molar-refractivity contribution in [3.8, 4) is 0 Å². The van der Waals surface area contributed by atoms with Gasteiger partial charge in [0.05, 0.1) is 26.6 Å².